The molecule has 1 saturated heterocycles. The topological polar surface area (TPSA) is 32.3 Å². The average molecular weight is 246 g/mol. The largest absolute Gasteiger partial charge is 0.341 e. The summed E-state index contributed by atoms with van der Waals surface area (Å²) >= 11 is 0. The van der Waals surface area contributed by atoms with Gasteiger partial charge in [0.1, 0.15) is 0 Å². The van der Waals surface area contributed by atoms with E-state index in [1.165, 1.54) is 24.0 Å². The summed E-state index contributed by atoms with van der Waals surface area (Å²) in [5.74, 6) is 0.654. The summed E-state index contributed by atoms with van der Waals surface area (Å²) in [5.41, 5.74) is 2.47. The van der Waals surface area contributed by atoms with Crippen LogP contribution in [0.1, 0.15) is 24.0 Å². The Hall–Kier alpha value is -1.35. The molecule has 98 valence electrons. The third-order valence-corrected chi connectivity index (χ3v) is 3.57. The SMILES string of the molecule is Cc1cccc(CN(C=O)CC2CCNCC2)c1. The molecule has 3 nitrogen and oxygen atoms in total. The molecule has 2 rings (SSSR count). The number of aryl methyl sites for hydroxylation is 1. The van der Waals surface area contributed by atoms with E-state index in [2.05, 4.69) is 36.5 Å². The van der Waals surface area contributed by atoms with E-state index in [1.807, 2.05) is 4.90 Å². The van der Waals surface area contributed by atoms with Crippen molar-refractivity contribution >= 4 is 6.41 Å². The van der Waals surface area contributed by atoms with Gasteiger partial charge in [0.2, 0.25) is 6.41 Å². The van der Waals surface area contributed by atoms with Gasteiger partial charge in [0.25, 0.3) is 0 Å². The van der Waals surface area contributed by atoms with Gasteiger partial charge >= 0.3 is 0 Å². The van der Waals surface area contributed by atoms with E-state index in [1.54, 1.807) is 0 Å². The summed E-state index contributed by atoms with van der Waals surface area (Å²) in [6.07, 6.45) is 3.35. The zero-order chi connectivity index (χ0) is 12.8. The molecule has 1 aliphatic rings. The third-order valence-electron chi connectivity index (χ3n) is 3.57. The van der Waals surface area contributed by atoms with Crippen LogP contribution in [0.5, 0.6) is 0 Å². The molecule has 1 N–H and O–H groups in total. The molecule has 1 aliphatic heterocycles. The lowest BCUT2D eigenvalue weighted by Crippen LogP contribution is -2.35. The number of carbonyl (C=O) groups is 1. The zero-order valence-corrected chi connectivity index (χ0v) is 11.1. The highest BCUT2D eigenvalue weighted by Gasteiger charge is 2.16. The van der Waals surface area contributed by atoms with Gasteiger partial charge in [-0.05, 0) is 44.3 Å². The lowest BCUT2D eigenvalue weighted by atomic mass is 9.97. The van der Waals surface area contributed by atoms with E-state index < -0.39 is 0 Å². The summed E-state index contributed by atoms with van der Waals surface area (Å²) in [4.78, 5) is 13.1. The van der Waals surface area contributed by atoms with Crippen molar-refractivity contribution in [3.05, 3.63) is 35.4 Å². The normalized spacial score (nSPS) is 16.5. The molecule has 0 radical (unpaired) electrons. The minimum Gasteiger partial charge on any atom is -0.341 e. The molecule has 0 aliphatic carbocycles. The van der Waals surface area contributed by atoms with Crippen molar-refractivity contribution in [3.8, 4) is 0 Å². The molecular weight excluding hydrogens is 224 g/mol. The van der Waals surface area contributed by atoms with E-state index in [4.69, 9.17) is 0 Å². The van der Waals surface area contributed by atoms with Gasteiger partial charge in [-0.25, -0.2) is 0 Å². The van der Waals surface area contributed by atoms with Crippen molar-refractivity contribution in [2.24, 2.45) is 5.92 Å². The molecule has 1 amide bonds. The van der Waals surface area contributed by atoms with Crippen LogP contribution in [-0.4, -0.2) is 30.9 Å². The average Bonchev–Trinajstić information content (AvgIpc) is 2.39. The van der Waals surface area contributed by atoms with Crippen LogP contribution in [0, 0.1) is 12.8 Å². The van der Waals surface area contributed by atoms with Crippen LogP contribution in [0.4, 0.5) is 0 Å². The summed E-state index contributed by atoms with van der Waals surface area (Å²) in [6.45, 7) is 5.87. The highest BCUT2D eigenvalue weighted by atomic mass is 16.1. The van der Waals surface area contributed by atoms with Crippen LogP contribution in [-0.2, 0) is 11.3 Å². The fraction of sp³-hybridized carbons (Fsp3) is 0.533. The molecule has 18 heavy (non-hydrogen) atoms. The highest BCUT2D eigenvalue weighted by Crippen LogP contribution is 2.14. The first-order chi connectivity index (χ1) is 8.78. The third kappa shape index (κ3) is 3.84. The Morgan fingerprint density at radius 3 is 2.83 bits per heavy atom. The molecule has 1 heterocycles. The van der Waals surface area contributed by atoms with Crippen LogP contribution in [0.15, 0.2) is 24.3 Å². The van der Waals surface area contributed by atoms with E-state index in [9.17, 15) is 4.79 Å². The molecule has 1 aromatic rings. The minimum atomic E-state index is 0.654. The predicted octanol–water partition coefficient (Wildman–Crippen LogP) is 1.95. The van der Waals surface area contributed by atoms with Crippen LogP contribution in [0.3, 0.4) is 0 Å². The molecule has 0 saturated carbocycles. The molecule has 0 aromatic heterocycles. The molecular formula is C15H22N2O. The van der Waals surface area contributed by atoms with Crippen molar-refractivity contribution in [2.45, 2.75) is 26.3 Å². The maximum absolute atomic E-state index is 11.2. The first-order valence-electron chi connectivity index (χ1n) is 6.73. The van der Waals surface area contributed by atoms with E-state index in [-0.39, 0.29) is 0 Å². The van der Waals surface area contributed by atoms with Crippen LogP contribution >= 0.6 is 0 Å². The van der Waals surface area contributed by atoms with E-state index in [0.29, 0.717) is 5.92 Å². The van der Waals surface area contributed by atoms with Gasteiger partial charge in [0.05, 0.1) is 0 Å². The number of amides is 1. The Balaban J connectivity index is 1.90. The van der Waals surface area contributed by atoms with Crippen molar-refractivity contribution in [1.82, 2.24) is 10.2 Å². The molecule has 0 spiro atoms. The summed E-state index contributed by atoms with van der Waals surface area (Å²) < 4.78 is 0. The number of nitrogens with zero attached hydrogens (tertiary/aromatic N) is 1. The Morgan fingerprint density at radius 1 is 1.39 bits per heavy atom. The fourth-order valence-electron chi connectivity index (χ4n) is 2.59. The second-order valence-corrected chi connectivity index (χ2v) is 5.22. The molecule has 0 unspecified atom stereocenters. The van der Waals surface area contributed by atoms with E-state index in [0.717, 1.165) is 32.6 Å². The maximum Gasteiger partial charge on any atom is 0.210 e. The number of nitrogens with one attached hydrogen (secondary N) is 1. The Kier molecular flexibility index (Phi) is 4.76. The van der Waals surface area contributed by atoms with Crippen LogP contribution in [0.25, 0.3) is 0 Å². The zero-order valence-electron chi connectivity index (χ0n) is 11.1. The Morgan fingerprint density at radius 2 is 2.17 bits per heavy atom. The lowest BCUT2D eigenvalue weighted by molar-refractivity contribution is -0.119. The number of benzene rings is 1. The summed E-state index contributed by atoms with van der Waals surface area (Å²) in [6, 6.07) is 8.38. The first kappa shape index (κ1) is 13.1. The molecule has 3 heteroatoms. The van der Waals surface area contributed by atoms with Gasteiger partial charge in [-0.1, -0.05) is 29.8 Å². The van der Waals surface area contributed by atoms with Gasteiger partial charge in [-0.15, -0.1) is 0 Å². The number of hydrogen-bond acceptors (Lipinski definition) is 2. The molecule has 1 fully saturated rings. The summed E-state index contributed by atoms with van der Waals surface area (Å²) in [5, 5.41) is 3.36. The quantitative estimate of drug-likeness (QED) is 0.805. The van der Waals surface area contributed by atoms with Crippen LogP contribution in [0.2, 0.25) is 0 Å². The Bertz CT molecular complexity index is 386. The monoisotopic (exact) mass is 246 g/mol. The summed E-state index contributed by atoms with van der Waals surface area (Å²) in [7, 11) is 0. The van der Waals surface area contributed by atoms with Gasteiger partial charge in [-0.3, -0.25) is 4.79 Å². The van der Waals surface area contributed by atoms with Crippen molar-refractivity contribution in [1.29, 1.82) is 0 Å². The van der Waals surface area contributed by atoms with Crippen LogP contribution < -0.4 is 5.32 Å². The number of hydrogen-bond donors (Lipinski definition) is 1. The number of piperidine rings is 1. The van der Waals surface area contributed by atoms with E-state index >= 15 is 0 Å². The van der Waals surface area contributed by atoms with Gasteiger partial charge in [0.15, 0.2) is 0 Å². The standard InChI is InChI=1S/C15H22N2O/c1-13-3-2-4-15(9-13)11-17(12-18)10-14-5-7-16-8-6-14/h2-4,9,12,14,16H,5-8,10-11H2,1H3. The highest BCUT2D eigenvalue weighted by molar-refractivity contribution is 5.47. The first-order valence-corrected chi connectivity index (χ1v) is 6.73. The fourth-order valence-corrected chi connectivity index (χ4v) is 2.59. The number of rotatable bonds is 5. The smallest absolute Gasteiger partial charge is 0.210 e. The molecule has 0 atom stereocenters. The van der Waals surface area contributed by atoms with Crippen molar-refractivity contribution in [3.63, 3.8) is 0 Å². The second kappa shape index (κ2) is 6.55. The second-order valence-electron chi connectivity index (χ2n) is 5.22. The Labute approximate surface area is 109 Å². The van der Waals surface area contributed by atoms with Gasteiger partial charge in [-0.2, -0.15) is 0 Å². The molecule has 0 bridgehead atoms. The predicted molar refractivity (Wildman–Crippen MR) is 73.2 cm³/mol. The minimum absolute atomic E-state index is 0.654. The van der Waals surface area contributed by atoms with Gasteiger partial charge in [0, 0.05) is 13.1 Å². The maximum atomic E-state index is 11.2. The molecule has 1 aromatic carbocycles. The van der Waals surface area contributed by atoms with Gasteiger partial charge < -0.3 is 10.2 Å². The lowest BCUT2D eigenvalue weighted by Gasteiger charge is -2.27. The number of carbonyl (C=O) groups excluding carboxylic acids is 1. The van der Waals surface area contributed by atoms with Crippen molar-refractivity contribution < 1.29 is 4.79 Å². The van der Waals surface area contributed by atoms with Crippen molar-refractivity contribution in [2.75, 3.05) is 19.6 Å².